The summed E-state index contributed by atoms with van der Waals surface area (Å²) >= 11 is 0. The molecular weight excluding hydrogens is 184 g/mol. The van der Waals surface area contributed by atoms with Crippen LogP contribution in [0.3, 0.4) is 0 Å². The number of phenols is 1. The van der Waals surface area contributed by atoms with E-state index in [-0.39, 0.29) is 0 Å². The molecule has 1 N–H and O–H groups in total. The van der Waals surface area contributed by atoms with Crippen molar-refractivity contribution in [2.75, 3.05) is 0 Å². The fourth-order valence-electron chi connectivity index (χ4n) is 2.76. The normalized spacial score (nSPS) is 20.1. The number of hydrogen-bond donors (Lipinski definition) is 1. The number of phenolic OH excluding ortho intramolecular Hbond substituents is 1. The van der Waals surface area contributed by atoms with Crippen molar-refractivity contribution in [1.29, 1.82) is 0 Å². The van der Waals surface area contributed by atoms with Crippen molar-refractivity contribution in [3.63, 3.8) is 0 Å². The summed E-state index contributed by atoms with van der Waals surface area (Å²) in [5.74, 6) is 1.74. The van der Waals surface area contributed by atoms with E-state index in [4.69, 9.17) is 0 Å². The van der Waals surface area contributed by atoms with E-state index in [2.05, 4.69) is 13.0 Å². The predicted octanol–water partition coefficient (Wildman–Crippen LogP) is 4.08. The minimum atomic E-state index is 0.468. The van der Waals surface area contributed by atoms with Crippen molar-refractivity contribution in [2.45, 2.75) is 44.9 Å². The molecule has 1 atom stereocenters. The van der Waals surface area contributed by atoms with Crippen molar-refractivity contribution in [1.82, 2.24) is 0 Å². The van der Waals surface area contributed by atoms with Gasteiger partial charge in [-0.3, -0.25) is 0 Å². The van der Waals surface area contributed by atoms with Gasteiger partial charge in [-0.2, -0.15) is 0 Å². The Hall–Kier alpha value is -0.980. The molecule has 0 heterocycles. The van der Waals surface area contributed by atoms with Gasteiger partial charge >= 0.3 is 0 Å². The van der Waals surface area contributed by atoms with Gasteiger partial charge in [0.25, 0.3) is 0 Å². The molecule has 0 aromatic heterocycles. The largest absolute Gasteiger partial charge is 0.508 e. The summed E-state index contributed by atoms with van der Waals surface area (Å²) in [4.78, 5) is 0. The lowest BCUT2D eigenvalue weighted by Gasteiger charge is -2.28. The fourth-order valence-corrected chi connectivity index (χ4v) is 2.76. The lowest BCUT2D eigenvalue weighted by atomic mass is 9.77. The lowest BCUT2D eigenvalue weighted by Crippen LogP contribution is -2.13. The third-order valence-electron chi connectivity index (χ3n) is 3.78. The predicted molar refractivity (Wildman–Crippen MR) is 63.1 cm³/mol. The molecule has 1 aromatic carbocycles. The van der Waals surface area contributed by atoms with E-state index < -0.39 is 0 Å². The lowest BCUT2D eigenvalue weighted by molar-refractivity contribution is 0.311. The molecule has 1 aliphatic carbocycles. The molecule has 1 fully saturated rings. The van der Waals surface area contributed by atoms with E-state index in [1.165, 1.54) is 32.1 Å². The van der Waals surface area contributed by atoms with E-state index in [1.807, 2.05) is 12.1 Å². The second-order valence-electron chi connectivity index (χ2n) is 4.75. The van der Waals surface area contributed by atoms with Crippen LogP contribution in [0.2, 0.25) is 0 Å². The molecule has 1 aromatic rings. The van der Waals surface area contributed by atoms with Crippen molar-refractivity contribution in [3.8, 4) is 5.75 Å². The van der Waals surface area contributed by atoms with Crippen LogP contribution < -0.4 is 0 Å². The molecule has 1 saturated carbocycles. The second-order valence-corrected chi connectivity index (χ2v) is 4.75. The SMILES string of the molecule is CC(c1ccccc1O)C1CCCCC1. The zero-order chi connectivity index (χ0) is 10.7. The smallest absolute Gasteiger partial charge is 0.119 e. The highest BCUT2D eigenvalue weighted by molar-refractivity contribution is 5.34. The second kappa shape index (κ2) is 4.69. The average Bonchev–Trinajstić information content (AvgIpc) is 2.30. The summed E-state index contributed by atoms with van der Waals surface area (Å²) in [6.45, 7) is 2.26. The Bertz CT molecular complexity index is 313. The molecule has 0 bridgehead atoms. The molecule has 0 radical (unpaired) electrons. The summed E-state index contributed by atoms with van der Waals surface area (Å²) in [6.07, 6.45) is 6.78. The number of hydrogen-bond acceptors (Lipinski definition) is 1. The number of aromatic hydroxyl groups is 1. The van der Waals surface area contributed by atoms with Gasteiger partial charge in [-0.1, -0.05) is 44.4 Å². The summed E-state index contributed by atoms with van der Waals surface area (Å²) in [6, 6.07) is 7.78. The maximum absolute atomic E-state index is 9.81. The van der Waals surface area contributed by atoms with Gasteiger partial charge < -0.3 is 5.11 Å². The van der Waals surface area contributed by atoms with Gasteiger partial charge in [-0.15, -0.1) is 0 Å². The first-order chi connectivity index (χ1) is 7.29. The Morgan fingerprint density at radius 2 is 1.80 bits per heavy atom. The van der Waals surface area contributed by atoms with Crippen LogP contribution in [0, 0.1) is 5.92 Å². The number of rotatable bonds is 2. The van der Waals surface area contributed by atoms with Crippen LogP contribution in [0.5, 0.6) is 5.75 Å². The molecule has 15 heavy (non-hydrogen) atoms. The molecule has 1 nitrogen and oxygen atoms in total. The molecule has 1 unspecified atom stereocenters. The Morgan fingerprint density at radius 3 is 2.47 bits per heavy atom. The molecule has 2 rings (SSSR count). The maximum Gasteiger partial charge on any atom is 0.119 e. The third-order valence-corrected chi connectivity index (χ3v) is 3.78. The molecule has 1 heteroatoms. The molecule has 0 spiro atoms. The highest BCUT2D eigenvalue weighted by atomic mass is 16.3. The van der Waals surface area contributed by atoms with Crippen LogP contribution in [-0.4, -0.2) is 5.11 Å². The zero-order valence-electron chi connectivity index (χ0n) is 9.45. The van der Waals surface area contributed by atoms with Crippen molar-refractivity contribution in [3.05, 3.63) is 29.8 Å². The first-order valence-electron chi connectivity index (χ1n) is 6.07. The third kappa shape index (κ3) is 2.34. The molecule has 0 aliphatic heterocycles. The summed E-state index contributed by atoms with van der Waals surface area (Å²) < 4.78 is 0. The number of benzene rings is 1. The first-order valence-corrected chi connectivity index (χ1v) is 6.07. The van der Waals surface area contributed by atoms with Crippen molar-refractivity contribution >= 4 is 0 Å². The fraction of sp³-hybridized carbons (Fsp3) is 0.571. The highest BCUT2D eigenvalue weighted by Gasteiger charge is 2.22. The molecule has 0 amide bonds. The summed E-state index contributed by atoms with van der Waals surface area (Å²) in [5.41, 5.74) is 1.13. The quantitative estimate of drug-likeness (QED) is 0.769. The van der Waals surface area contributed by atoms with E-state index in [0.29, 0.717) is 11.7 Å². The molecule has 1 aliphatic rings. The van der Waals surface area contributed by atoms with E-state index >= 15 is 0 Å². The van der Waals surface area contributed by atoms with Crippen LogP contribution in [0.1, 0.15) is 50.5 Å². The topological polar surface area (TPSA) is 20.2 Å². The molecule has 82 valence electrons. The Labute approximate surface area is 92.1 Å². The van der Waals surface area contributed by atoms with Gasteiger partial charge in [0.05, 0.1) is 0 Å². The van der Waals surface area contributed by atoms with Crippen LogP contribution in [0.15, 0.2) is 24.3 Å². The van der Waals surface area contributed by atoms with Crippen LogP contribution >= 0.6 is 0 Å². The molecule has 0 saturated heterocycles. The highest BCUT2D eigenvalue weighted by Crippen LogP contribution is 2.38. The first kappa shape index (κ1) is 10.5. The Morgan fingerprint density at radius 1 is 1.13 bits per heavy atom. The van der Waals surface area contributed by atoms with Crippen LogP contribution in [0.25, 0.3) is 0 Å². The average molecular weight is 204 g/mol. The Balaban J connectivity index is 2.12. The van der Waals surface area contributed by atoms with E-state index in [1.54, 1.807) is 6.07 Å². The van der Waals surface area contributed by atoms with Crippen molar-refractivity contribution in [2.24, 2.45) is 5.92 Å². The van der Waals surface area contributed by atoms with Gasteiger partial charge in [0.15, 0.2) is 0 Å². The minimum absolute atomic E-state index is 0.468. The summed E-state index contributed by atoms with van der Waals surface area (Å²) in [7, 11) is 0. The van der Waals surface area contributed by atoms with Crippen LogP contribution in [-0.2, 0) is 0 Å². The van der Waals surface area contributed by atoms with Gasteiger partial charge in [-0.25, -0.2) is 0 Å². The van der Waals surface area contributed by atoms with Gasteiger partial charge in [0.2, 0.25) is 0 Å². The molecular formula is C14H20O. The maximum atomic E-state index is 9.81. The van der Waals surface area contributed by atoms with Crippen LogP contribution in [0.4, 0.5) is 0 Å². The zero-order valence-corrected chi connectivity index (χ0v) is 9.45. The minimum Gasteiger partial charge on any atom is -0.508 e. The van der Waals surface area contributed by atoms with E-state index in [0.717, 1.165) is 11.5 Å². The monoisotopic (exact) mass is 204 g/mol. The summed E-state index contributed by atoms with van der Waals surface area (Å²) in [5, 5.41) is 9.81. The Kier molecular flexibility index (Phi) is 3.30. The van der Waals surface area contributed by atoms with Crippen molar-refractivity contribution < 1.29 is 5.11 Å². The number of para-hydroxylation sites is 1. The van der Waals surface area contributed by atoms with Gasteiger partial charge in [-0.05, 0) is 36.3 Å². The standard InChI is InChI=1S/C14H20O/c1-11(12-7-3-2-4-8-12)13-9-5-6-10-14(13)15/h5-6,9-12,15H,2-4,7-8H2,1H3. The van der Waals surface area contributed by atoms with Gasteiger partial charge in [0.1, 0.15) is 5.75 Å². The van der Waals surface area contributed by atoms with Gasteiger partial charge in [0, 0.05) is 0 Å². The van der Waals surface area contributed by atoms with E-state index in [9.17, 15) is 5.11 Å².